The van der Waals surface area contributed by atoms with Crippen LogP contribution in [-0.4, -0.2) is 35.0 Å². The van der Waals surface area contributed by atoms with Gasteiger partial charge in [-0.3, -0.25) is 4.79 Å². The molecule has 1 amide bonds. The molecule has 0 saturated carbocycles. The van der Waals surface area contributed by atoms with Crippen LogP contribution in [0.1, 0.15) is 32.3 Å². The van der Waals surface area contributed by atoms with Crippen LogP contribution in [0.15, 0.2) is 6.33 Å². The molecule has 2 rings (SSSR count). The summed E-state index contributed by atoms with van der Waals surface area (Å²) < 4.78 is 0. The first-order valence-corrected chi connectivity index (χ1v) is 7.16. The second-order valence-corrected chi connectivity index (χ2v) is 5.38. The van der Waals surface area contributed by atoms with Crippen molar-refractivity contribution in [2.24, 2.45) is 11.7 Å². The number of primary amides is 1. The van der Waals surface area contributed by atoms with Crippen LogP contribution in [0.2, 0.25) is 0 Å². The van der Waals surface area contributed by atoms with Gasteiger partial charge in [0.25, 0.3) is 0 Å². The molecular formula is C14H23N5O. The van der Waals surface area contributed by atoms with E-state index in [1.54, 1.807) is 6.33 Å². The lowest BCUT2D eigenvalue weighted by Gasteiger charge is -2.38. The van der Waals surface area contributed by atoms with Crippen LogP contribution in [0.25, 0.3) is 0 Å². The van der Waals surface area contributed by atoms with Crippen molar-refractivity contribution in [3.63, 3.8) is 0 Å². The normalized spacial score (nSPS) is 22.6. The van der Waals surface area contributed by atoms with E-state index in [1.165, 1.54) is 0 Å². The third-order valence-corrected chi connectivity index (χ3v) is 3.96. The topological polar surface area (TPSA) is 84.1 Å². The third-order valence-electron chi connectivity index (χ3n) is 3.96. The molecule has 0 aromatic carbocycles. The number of aromatic nitrogens is 2. The third kappa shape index (κ3) is 2.84. The monoisotopic (exact) mass is 277 g/mol. The highest BCUT2D eigenvalue weighted by Crippen LogP contribution is 2.30. The standard InChI is InChI=1S/C14H23N5O/c1-4-16-13-10(3)14(18-8-17-13)19-7-11(12(15)20)6-5-9(19)2/h8-9,11H,4-7H2,1-3H3,(H2,15,20)(H,16,17,18). The molecule has 1 aromatic heterocycles. The van der Waals surface area contributed by atoms with Gasteiger partial charge in [0.05, 0.1) is 5.92 Å². The number of hydrogen-bond donors (Lipinski definition) is 2. The van der Waals surface area contributed by atoms with Crippen molar-refractivity contribution in [3.8, 4) is 0 Å². The molecule has 1 aliphatic rings. The quantitative estimate of drug-likeness (QED) is 0.866. The van der Waals surface area contributed by atoms with E-state index in [2.05, 4.69) is 27.1 Å². The summed E-state index contributed by atoms with van der Waals surface area (Å²) in [5, 5.41) is 3.23. The van der Waals surface area contributed by atoms with Crippen LogP contribution in [-0.2, 0) is 4.79 Å². The SMILES string of the molecule is CCNc1ncnc(N2CC(C(N)=O)CCC2C)c1C. The zero-order valence-corrected chi connectivity index (χ0v) is 12.4. The lowest BCUT2D eigenvalue weighted by atomic mass is 9.92. The Hall–Kier alpha value is -1.85. The predicted octanol–water partition coefficient (Wildman–Crippen LogP) is 1.31. The smallest absolute Gasteiger partial charge is 0.222 e. The molecule has 0 radical (unpaired) electrons. The molecule has 2 atom stereocenters. The Labute approximate surface area is 119 Å². The highest BCUT2D eigenvalue weighted by molar-refractivity contribution is 5.77. The molecule has 0 aliphatic carbocycles. The number of rotatable bonds is 4. The molecule has 110 valence electrons. The molecule has 6 heteroatoms. The Morgan fingerprint density at radius 2 is 2.25 bits per heavy atom. The van der Waals surface area contributed by atoms with Gasteiger partial charge in [-0.1, -0.05) is 0 Å². The number of amides is 1. The van der Waals surface area contributed by atoms with Gasteiger partial charge in [-0.15, -0.1) is 0 Å². The van der Waals surface area contributed by atoms with Crippen LogP contribution >= 0.6 is 0 Å². The van der Waals surface area contributed by atoms with Gasteiger partial charge in [0.1, 0.15) is 18.0 Å². The van der Waals surface area contributed by atoms with Gasteiger partial charge >= 0.3 is 0 Å². The number of carbonyl (C=O) groups is 1. The van der Waals surface area contributed by atoms with Crippen molar-refractivity contribution in [1.29, 1.82) is 0 Å². The van der Waals surface area contributed by atoms with Gasteiger partial charge in [0, 0.05) is 24.7 Å². The average Bonchev–Trinajstić information content (AvgIpc) is 2.42. The fourth-order valence-electron chi connectivity index (χ4n) is 2.71. The Morgan fingerprint density at radius 1 is 1.50 bits per heavy atom. The van der Waals surface area contributed by atoms with E-state index in [9.17, 15) is 4.79 Å². The van der Waals surface area contributed by atoms with Crippen LogP contribution < -0.4 is 16.0 Å². The summed E-state index contributed by atoms with van der Waals surface area (Å²) in [6.07, 6.45) is 3.38. The van der Waals surface area contributed by atoms with E-state index in [0.29, 0.717) is 12.6 Å². The molecule has 2 unspecified atom stereocenters. The fraction of sp³-hybridized carbons (Fsp3) is 0.643. The molecule has 2 heterocycles. The maximum Gasteiger partial charge on any atom is 0.222 e. The number of nitrogens with two attached hydrogens (primary N) is 1. The first-order valence-electron chi connectivity index (χ1n) is 7.16. The molecule has 1 aliphatic heterocycles. The maximum absolute atomic E-state index is 11.4. The summed E-state index contributed by atoms with van der Waals surface area (Å²) in [5.74, 6) is 1.43. The Kier molecular flexibility index (Phi) is 4.42. The molecule has 20 heavy (non-hydrogen) atoms. The minimum absolute atomic E-state index is 0.0943. The largest absolute Gasteiger partial charge is 0.370 e. The molecule has 1 aromatic rings. The number of nitrogens with one attached hydrogen (secondary N) is 1. The predicted molar refractivity (Wildman–Crippen MR) is 79.7 cm³/mol. The Balaban J connectivity index is 2.29. The highest BCUT2D eigenvalue weighted by atomic mass is 16.1. The van der Waals surface area contributed by atoms with Gasteiger partial charge in [-0.25, -0.2) is 9.97 Å². The van der Waals surface area contributed by atoms with Crippen molar-refractivity contribution >= 4 is 17.5 Å². The second kappa shape index (κ2) is 6.07. The van der Waals surface area contributed by atoms with Gasteiger partial charge < -0.3 is 16.0 Å². The maximum atomic E-state index is 11.4. The van der Waals surface area contributed by atoms with E-state index >= 15 is 0 Å². The van der Waals surface area contributed by atoms with Crippen molar-refractivity contribution in [3.05, 3.63) is 11.9 Å². The summed E-state index contributed by atoms with van der Waals surface area (Å²) in [6, 6.07) is 0.355. The lowest BCUT2D eigenvalue weighted by Crippen LogP contribution is -2.46. The lowest BCUT2D eigenvalue weighted by molar-refractivity contribution is -0.122. The second-order valence-electron chi connectivity index (χ2n) is 5.38. The minimum Gasteiger partial charge on any atom is -0.370 e. The molecule has 1 fully saturated rings. The summed E-state index contributed by atoms with van der Waals surface area (Å²) in [5.41, 5.74) is 6.48. The number of piperidine rings is 1. The van der Waals surface area contributed by atoms with Crippen molar-refractivity contribution in [2.45, 2.75) is 39.7 Å². The van der Waals surface area contributed by atoms with Crippen LogP contribution in [0.4, 0.5) is 11.6 Å². The number of carbonyl (C=O) groups excluding carboxylic acids is 1. The van der Waals surface area contributed by atoms with Crippen LogP contribution in [0.5, 0.6) is 0 Å². The summed E-state index contributed by atoms with van der Waals surface area (Å²) in [7, 11) is 0. The molecule has 1 saturated heterocycles. The Bertz CT molecular complexity index is 490. The van der Waals surface area contributed by atoms with E-state index < -0.39 is 0 Å². The zero-order chi connectivity index (χ0) is 14.7. The molecule has 3 N–H and O–H groups in total. The molecule has 0 spiro atoms. The van der Waals surface area contributed by atoms with Gasteiger partial charge in [0.15, 0.2) is 0 Å². The highest BCUT2D eigenvalue weighted by Gasteiger charge is 2.30. The van der Waals surface area contributed by atoms with Crippen molar-refractivity contribution in [2.75, 3.05) is 23.3 Å². The average molecular weight is 277 g/mol. The number of anilines is 2. The van der Waals surface area contributed by atoms with E-state index in [0.717, 1.165) is 36.6 Å². The molecule has 0 bridgehead atoms. The molecule has 6 nitrogen and oxygen atoms in total. The summed E-state index contributed by atoms with van der Waals surface area (Å²) in [6.45, 7) is 7.66. The first-order chi connectivity index (χ1) is 9.54. The fourth-order valence-corrected chi connectivity index (χ4v) is 2.71. The van der Waals surface area contributed by atoms with Gasteiger partial charge in [-0.05, 0) is 33.6 Å². The van der Waals surface area contributed by atoms with E-state index in [1.807, 2.05) is 13.8 Å². The number of hydrogen-bond acceptors (Lipinski definition) is 5. The van der Waals surface area contributed by atoms with Crippen molar-refractivity contribution < 1.29 is 4.79 Å². The van der Waals surface area contributed by atoms with Crippen molar-refractivity contribution in [1.82, 2.24) is 9.97 Å². The van der Waals surface area contributed by atoms with Crippen LogP contribution in [0.3, 0.4) is 0 Å². The van der Waals surface area contributed by atoms with E-state index in [4.69, 9.17) is 5.73 Å². The van der Waals surface area contributed by atoms with Gasteiger partial charge in [-0.2, -0.15) is 0 Å². The Morgan fingerprint density at radius 3 is 2.90 bits per heavy atom. The molecular weight excluding hydrogens is 254 g/mol. The van der Waals surface area contributed by atoms with E-state index in [-0.39, 0.29) is 11.8 Å². The summed E-state index contributed by atoms with van der Waals surface area (Å²) >= 11 is 0. The minimum atomic E-state index is -0.222. The van der Waals surface area contributed by atoms with Gasteiger partial charge in [0.2, 0.25) is 5.91 Å². The zero-order valence-electron chi connectivity index (χ0n) is 12.4. The first kappa shape index (κ1) is 14.6. The number of nitrogens with zero attached hydrogens (tertiary/aromatic N) is 3. The summed E-state index contributed by atoms with van der Waals surface area (Å²) in [4.78, 5) is 22.3. The van der Waals surface area contributed by atoms with Crippen LogP contribution in [0, 0.1) is 12.8 Å².